The van der Waals surface area contributed by atoms with Crippen LogP contribution >= 0.6 is 0 Å². The number of ketones is 1. The van der Waals surface area contributed by atoms with E-state index in [0.717, 1.165) is 0 Å². The van der Waals surface area contributed by atoms with Gasteiger partial charge in [-0.05, 0) is 19.8 Å². The van der Waals surface area contributed by atoms with Crippen molar-refractivity contribution in [2.24, 2.45) is 0 Å². The predicted molar refractivity (Wildman–Crippen MR) is 48.4 cm³/mol. The lowest BCUT2D eigenvalue weighted by molar-refractivity contribution is -0.123. The Labute approximate surface area is 78.5 Å². The van der Waals surface area contributed by atoms with Gasteiger partial charge in [0, 0.05) is 13.5 Å². The molecule has 0 aliphatic carbocycles. The van der Waals surface area contributed by atoms with E-state index < -0.39 is 12.2 Å². The Kier molecular flexibility index (Phi) is 6.76. The quantitative estimate of drug-likeness (QED) is 0.598. The minimum Gasteiger partial charge on any atom is -0.393 e. The molecule has 0 saturated heterocycles. The highest BCUT2D eigenvalue weighted by Gasteiger charge is 2.10. The van der Waals surface area contributed by atoms with Gasteiger partial charge < -0.3 is 14.9 Å². The van der Waals surface area contributed by atoms with Crippen LogP contribution in [0.2, 0.25) is 0 Å². The first-order chi connectivity index (χ1) is 6.06. The molecule has 2 N–H and O–H groups in total. The van der Waals surface area contributed by atoms with Crippen LogP contribution in [0.25, 0.3) is 0 Å². The highest BCUT2D eigenvalue weighted by molar-refractivity contribution is 5.79. The monoisotopic (exact) mass is 190 g/mol. The van der Waals surface area contributed by atoms with Crippen molar-refractivity contribution in [3.05, 3.63) is 0 Å². The maximum Gasteiger partial charge on any atom is 0.158 e. The largest absolute Gasteiger partial charge is 0.393 e. The topological polar surface area (TPSA) is 66.8 Å². The molecule has 4 heteroatoms. The third-order valence-electron chi connectivity index (χ3n) is 1.67. The van der Waals surface area contributed by atoms with Crippen molar-refractivity contribution in [3.63, 3.8) is 0 Å². The molecule has 0 aliphatic rings. The molecule has 0 rings (SSSR count). The van der Waals surface area contributed by atoms with E-state index in [1.807, 2.05) is 0 Å². The average Bonchev–Trinajstić information content (AvgIpc) is 2.00. The molecule has 0 aromatic carbocycles. The fourth-order valence-corrected chi connectivity index (χ4v) is 1.07. The lowest BCUT2D eigenvalue weighted by Gasteiger charge is -2.11. The van der Waals surface area contributed by atoms with E-state index in [1.165, 1.54) is 7.11 Å². The van der Waals surface area contributed by atoms with Gasteiger partial charge in [0.1, 0.15) is 6.61 Å². The summed E-state index contributed by atoms with van der Waals surface area (Å²) in [6.07, 6.45) is -0.0944. The van der Waals surface area contributed by atoms with Gasteiger partial charge in [-0.25, -0.2) is 0 Å². The number of carbonyl (C=O) groups excluding carboxylic acids is 1. The van der Waals surface area contributed by atoms with Gasteiger partial charge in [-0.1, -0.05) is 0 Å². The molecular weight excluding hydrogens is 172 g/mol. The number of aliphatic hydroxyl groups is 2. The minimum absolute atomic E-state index is 0.0212. The lowest BCUT2D eigenvalue weighted by Crippen LogP contribution is -2.17. The normalized spacial score (nSPS) is 15.4. The molecule has 2 unspecified atom stereocenters. The van der Waals surface area contributed by atoms with Gasteiger partial charge in [-0.2, -0.15) is 0 Å². The number of aliphatic hydroxyl groups excluding tert-OH is 2. The summed E-state index contributed by atoms with van der Waals surface area (Å²) >= 11 is 0. The van der Waals surface area contributed by atoms with Gasteiger partial charge in [0.05, 0.1) is 12.2 Å². The first-order valence-electron chi connectivity index (χ1n) is 4.43. The van der Waals surface area contributed by atoms with Crippen LogP contribution in [-0.4, -0.2) is 41.9 Å². The molecule has 0 bridgehead atoms. The second-order valence-corrected chi connectivity index (χ2v) is 3.25. The number of Topliss-reactive ketones (excluding diaryl/α,β-unsaturated/α-hetero) is 1. The van der Waals surface area contributed by atoms with Crippen LogP contribution in [0.4, 0.5) is 0 Å². The Bertz CT molecular complexity index is 145. The summed E-state index contributed by atoms with van der Waals surface area (Å²) in [5.41, 5.74) is 0. The number of carbonyl (C=O) groups is 1. The van der Waals surface area contributed by atoms with Gasteiger partial charge >= 0.3 is 0 Å². The van der Waals surface area contributed by atoms with E-state index in [2.05, 4.69) is 4.74 Å². The number of hydrogen-bond acceptors (Lipinski definition) is 4. The van der Waals surface area contributed by atoms with E-state index >= 15 is 0 Å². The van der Waals surface area contributed by atoms with Gasteiger partial charge in [0.25, 0.3) is 0 Å². The summed E-state index contributed by atoms with van der Waals surface area (Å²) in [6.45, 7) is 1.71. The zero-order chi connectivity index (χ0) is 10.3. The molecule has 0 radical (unpaired) electrons. The second kappa shape index (κ2) is 7.00. The van der Waals surface area contributed by atoms with Gasteiger partial charge in [-0.3, -0.25) is 4.79 Å². The Morgan fingerprint density at radius 1 is 1.46 bits per heavy atom. The number of hydrogen-bond donors (Lipinski definition) is 2. The highest BCUT2D eigenvalue weighted by atomic mass is 16.5. The molecule has 0 spiro atoms. The fourth-order valence-electron chi connectivity index (χ4n) is 1.07. The summed E-state index contributed by atoms with van der Waals surface area (Å²) < 4.78 is 4.64. The Hall–Kier alpha value is -0.450. The number of ether oxygens (including phenoxy) is 1. The first kappa shape index (κ1) is 12.6. The van der Waals surface area contributed by atoms with Crippen molar-refractivity contribution in [1.82, 2.24) is 0 Å². The molecule has 78 valence electrons. The van der Waals surface area contributed by atoms with Crippen LogP contribution in [0.3, 0.4) is 0 Å². The zero-order valence-corrected chi connectivity index (χ0v) is 8.19. The molecular formula is C9H18O4. The Morgan fingerprint density at radius 3 is 2.54 bits per heavy atom. The molecule has 2 atom stereocenters. The maximum absolute atomic E-state index is 10.9. The van der Waals surface area contributed by atoms with E-state index in [1.54, 1.807) is 6.92 Å². The maximum atomic E-state index is 10.9. The van der Waals surface area contributed by atoms with Crippen molar-refractivity contribution < 1.29 is 19.7 Å². The third kappa shape index (κ3) is 7.90. The van der Waals surface area contributed by atoms with Crippen molar-refractivity contribution in [1.29, 1.82) is 0 Å². The number of methoxy groups -OCH3 is 1. The van der Waals surface area contributed by atoms with Crippen LogP contribution < -0.4 is 0 Å². The summed E-state index contributed by atoms with van der Waals surface area (Å²) in [5.74, 6) is -0.0212. The van der Waals surface area contributed by atoms with Crippen LogP contribution in [-0.2, 0) is 9.53 Å². The van der Waals surface area contributed by atoms with Crippen LogP contribution in [0.15, 0.2) is 0 Å². The van der Waals surface area contributed by atoms with Crippen LogP contribution in [0, 0.1) is 0 Å². The molecule has 0 aromatic heterocycles. The number of rotatable bonds is 7. The third-order valence-corrected chi connectivity index (χ3v) is 1.67. The van der Waals surface area contributed by atoms with Gasteiger partial charge in [-0.15, -0.1) is 0 Å². The molecule has 0 heterocycles. The van der Waals surface area contributed by atoms with Crippen LogP contribution in [0.1, 0.15) is 26.2 Å². The van der Waals surface area contributed by atoms with Crippen molar-refractivity contribution >= 4 is 5.78 Å². The average molecular weight is 190 g/mol. The minimum atomic E-state index is -0.596. The molecule has 0 amide bonds. The molecule has 4 nitrogen and oxygen atoms in total. The van der Waals surface area contributed by atoms with Gasteiger partial charge in [0.2, 0.25) is 0 Å². The fraction of sp³-hybridized carbons (Fsp3) is 0.889. The first-order valence-corrected chi connectivity index (χ1v) is 4.43. The smallest absolute Gasteiger partial charge is 0.158 e. The van der Waals surface area contributed by atoms with E-state index in [9.17, 15) is 9.90 Å². The Morgan fingerprint density at radius 2 is 2.08 bits per heavy atom. The summed E-state index contributed by atoms with van der Waals surface area (Å²) in [4.78, 5) is 10.9. The van der Waals surface area contributed by atoms with Crippen molar-refractivity contribution in [3.8, 4) is 0 Å². The van der Waals surface area contributed by atoms with Crippen LogP contribution in [0.5, 0.6) is 0 Å². The lowest BCUT2D eigenvalue weighted by atomic mass is 10.1. The van der Waals surface area contributed by atoms with Crippen molar-refractivity contribution in [2.75, 3.05) is 13.7 Å². The molecule has 0 aliphatic heterocycles. The molecule has 13 heavy (non-hydrogen) atoms. The highest BCUT2D eigenvalue weighted by Crippen LogP contribution is 2.05. The second-order valence-electron chi connectivity index (χ2n) is 3.25. The standard InChI is InChI=1S/C9H18O4/c1-7(10)5-8(11)3-4-9(12)6-13-2/h7-8,10-11H,3-6H2,1-2H3. The van der Waals surface area contributed by atoms with Crippen molar-refractivity contribution in [2.45, 2.75) is 38.4 Å². The molecule has 0 aromatic rings. The van der Waals surface area contributed by atoms with Gasteiger partial charge in [0.15, 0.2) is 5.78 Å². The molecule has 0 fully saturated rings. The van der Waals surface area contributed by atoms with E-state index in [0.29, 0.717) is 19.3 Å². The summed E-state index contributed by atoms with van der Waals surface area (Å²) in [7, 11) is 1.46. The van der Waals surface area contributed by atoms with E-state index in [4.69, 9.17) is 5.11 Å². The van der Waals surface area contributed by atoms with E-state index in [-0.39, 0.29) is 12.4 Å². The Balaban J connectivity index is 3.45. The SMILES string of the molecule is COCC(=O)CCC(O)CC(C)O. The summed E-state index contributed by atoms with van der Waals surface area (Å²) in [6, 6.07) is 0. The predicted octanol–water partition coefficient (Wildman–Crippen LogP) is 0.114. The summed E-state index contributed by atoms with van der Waals surface area (Å²) in [5, 5.41) is 18.2. The zero-order valence-electron chi connectivity index (χ0n) is 8.19. The molecule has 0 saturated carbocycles.